The SMILES string of the molecule is COCCNCC(C)=Cc1csc2ccccc12. The van der Waals surface area contributed by atoms with E-state index < -0.39 is 0 Å². The minimum atomic E-state index is 0.759. The summed E-state index contributed by atoms with van der Waals surface area (Å²) in [4.78, 5) is 0. The van der Waals surface area contributed by atoms with Crippen LogP contribution in [0.1, 0.15) is 12.5 Å². The van der Waals surface area contributed by atoms with Crippen LogP contribution in [0.4, 0.5) is 0 Å². The number of methoxy groups -OCH3 is 1. The molecule has 2 rings (SSSR count). The molecule has 1 aromatic carbocycles. The Kier molecular flexibility index (Phi) is 4.93. The topological polar surface area (TPSA) is 21.3 Å². The molecular weight excluding hydrogens is 242 g/mol. The first-order valence-corrected chi connectivity index (χ1v) is 7.02. The Morgan fingerprint density at radius 2 is 2.22 bits per heavy atom. The fourth-order valence-electron chi connectivity index (χ4n) is 1.89. The molecule has 0 amide bonds. The number of ether oxygens (including phenoxy) is 1. The first-order chi connectivity index (χ1) is 8.81. The molecule has 18 heavy (non-hydrogen) atoms. The van der Waals surface area contributed by atoms with Gasteiger partial charge in [-0.1, -0.05) is 29.8 Å². The summed E-state index contributed by atoms with van der Waals surface area (Å²) in [5, 5.41) is 6.93. The lowest BCUT2D eigenvalue weighted by Gasteiger charge is -2.04. The third kappa shape index (κ3) is 3.42. The average molecular weight is 261 g/mol. The zero-order valence-corrected chi connectivity index (χ0v) is 11.7. The summed E-state index contributed by atoms with van der Waals surface area (Å²) in [7, 11) is 1.72. The summed E-state index contributed by atoms with van der Waals surface area (Å²) in [6.07, 6.45) is 2.26. The number of hydrogen-bond donors (Lipinski definition) is 1. The molecule has 0 aliphatic heterocycles. The lowest BCUT2D eigenvalue weighted by Crippen LogP contribution is -2.20. The molecule has 0 atom stereocenters. The summed E-state index contributed by atoms with van der Waals surface area (Å²) in [5.74, 6) is 0. The second kappa shape index (κ2) is 6.69. The molecule has 2 nitrogen and oxygen atoms in total. The van der Waals surface area contributed by atoms with Crippen molar-refractivity contribution in [1.29, 1.82) is 0 Å². The summed E-state index contributed by atoms with van der Waals surface area (Å²) in [6.45, 7) is 4.72. The van der Waals surface area contributed by atoms with Gasteiger partial charge in [0, 0.05) is 24.9 Å². The van der Waals surface area contributed by atoms with Gasteiger partial charge in [-0.05, 0) is 29.3 Å². The molecule has 2 aromatic rings. The molecule has 0 spiro atoms. The molecule has 0 fully saturated rings. The first-order valence-electron chi connectivity index (χ1n) is 6.14. The zero-order valence-electron chi connectivity index (χ0n) is 10.9. The van der Waals surface area contributed by atoms with Crippen LogP contribution in [0, 0.1) is 0 Å². The van der Waals surface area contributed by atoms with Gasteiger partial charge < -0.3 is 10.1 Å². The number of rotatable bonds is 6. The molecule has 1 heterocycles. The van der Waals surface area contributed by atoms with Gasteiger partial charge >= 0.3 is 0 Å². The lowest BCUT2D eigenvalue weighted by molar-refractivity contribution is 0.200. The van der Waals surface area contributed by atoms with E-state index in [2.05, 4.69) is 48.0 Å². The molecule has 0 aliphatic carbocycles. The monoisotopic (exact) mass is 261 g/mol. The molecule has 0 unspecified atom stereocenters. The van der Waals surface area contributed by atoms with E-state index in [9.17, 15) is 0 Å². The molecule has 0 bridgehead atoms. The molecule has 1 N–H and O–H groups in total. The molecule has 0 saturated carbocycles. The van der Waals surface area contributed by atoms with E-state index in [0.717, 1.165) is 19.7 Å². The first kappa shape index (κ1) is 13.3. The average Bonchev–Trinajstić information content (AvgIpc) is 2.78. The van der Waals surface area contributed by atoms with Crippen LogP contribution in [0.2, 0.25) is 0 Å². The zero-order chi connectivity index (χ0) is 12.8. The Morgan fingerprint density at radius 1 is 1.39 bits per heavy atom. The molecule has 3 heteroatoms. The third-order valence-electron chi connectivity index (χ3n) is 2.80. The quantitative estimate of drug-likeness (QED) is 0.803. The minimum Gasteiger partial charge on any atom is -0.383 e. The maximum atomic E-state index is 5.01. The molecule has 0 radical (unpaired) electrons. The van der Waals surface area contributed by atoms with E-state index in [1.54, 1.807) is 18.4 Å². The van der Waals surface area contributed by atoms with Crippen LogP contribution < -0.4 is 5.32 Å². The van der Waals surface area contributed by atoms with Crippen LogP contribution in [-0.2, 0) is 4.74 Å². The fraction of sp³-hybridized carbons (Fsp3) is 0.333. The van der Waals surface area contributed by atoms with Gasteiger partial charge in [0.1, 0.15) is 0 Å². The number of fused-ring (bicyclic) bond motifs is 1. The van der Waals surface area contributed by atoms with Gasteiger partial charge in [-0.3, -0.25) is 0 Å². The van der Waals surface area contributed by atoms with Crippen molar-refractivity contribution in [2.75, 3.05) is 26.8 Å². The van der Waals surface area contributed by atoms with Crippen molar-refractivity contribution >= 4 is 27.5 Å². The van der Waals surface area contributed by atoms with E-state index in [4.69, 9.17) is 4.74 Å². The Bertz CT molecular complexity index is 530. The second-order valence-corrected chi connectivity index (χ2v) is 5.26. The van der Waals surface area contributed by atoms with Crippen molar-refractivity contribution in [2.24, 2.45) is 0 Å². The summed E-state index contributed by atoms with van der Waals surface area (Å²) in [6, 6.07) is 8.54. The summed E-state index contributed by atoms with van der Waals surface area (Å²) in [5.41, 5.74) is 2.66. The normalized spacial score (nSPS) is 12.2. The molecule has 0 saturated heterocycles. The molecule has 1 aromatic heterocycles. The minimum absolute atomic E-state index is 0.759. The van der Waals surface area contributed by atoms with Crippen molar-refractivity contribution in [3.05, 3.63) is 40.8 Å². The predicted molar refractivity (Wildman–Crippen MR) is 80.2 cm³/mol. The Morgan fingerprint density at radius 3 is 3.06 bits per heavy atom. The van der Waals surface area contributed by atoms with Crippen molar-refractivity contribution in [3.63, 3.8) is 0 Å². The van der Waals surface area contributed by atoms with E-state index >= 15 is 0 Å². The molecular formula is C15H19NOS. The number of thiophene rings is 1. The number of hydrogen-bond acceptors (Lipinski definition) is 3. The van der Waals surface area contributed by atoms with Crippen molar-refractivity contribution in [3.8, 4) is 0 Å². The van der Waals surface area contributed by atoms with E-state index in [1.165, 1.54) is 21.2 Å². The fourth-order valence-corrected chi connectivity index (χ4v) is 2.81. The van der Waals surface area contributed by atoms with E-state index in [-0.39, 0.29) is 0 Å². The highest BCUT2D eigenvalue weighted by Gasteiger charge is 2.00. The second-order valence-electron chi connectivity index (χ2n) is 4.35. The third-order valence-corrected chi connectivity index (χ3v) is 3.78. The van der Waals surface area contributed by atoms with Gasteiger partial charge in [-0.15, -0.1) is 11.3 Å². The van der Waals surface area contributed by atoms with Gasteiger partial charge in [0.2, 0.25) is 0 Å². The number of nitrogens with one attached hydrogen (secondary N) is 1. The Labute approximate surface area is 112 Å². The van der Waals surface area contributed by atoms with Crippen LogP contribution in [0.15, 0.2) is 35.2 Å². The van der Waals surface area contributed by atoms with Crippen molar-refractivity contribution < 1.29 is 4.74 Å². The predicted octanol–water partition coefficient (Wildman–Crippen LogP) is 3.54. The highest BCUT2D eigenvalue weighted by atomic mass is 32.1. The summed E-state index contributed by atoms with van der Waals surface area (Å²) >= 11 is 1.80. The van der Waals surface area contributed by atoms with Crippen LogP contribution in [0.5, 0.6) is 0 Å². The van der Waals surface area contributed by atoms with E-state index in [0.29, 0.717) is 0 Å². The van der Waals surface area contributed by atoms with Crippen molar-refractivity contribution in [2.45, 2.75) is 6.92 Å². The summed E-state index contributed by atoms with van der Waals surface area (Å²) < 4.78 is 6.36. The maximum absolute atomic E-state index is 5.01. The number of benzene rings is 1. The lowest BCUT2D eigenvalue weighted by atomic mass is 10.1. The Balaban J connectivity index is 2.03. The highest BCUT2D eigenvalue weighted by molar-refractivity contribution is 7.17. The smallest absolute Gasteiger partial charge is 0.0587 e. The van der Waals surface area contributed by atoms with Gasteiger partial charge in [-0.25, -0.2) is 0 Å². The largest absolute Gasteiger partial charge is 0.383 e. The van der Waals surface area contributed by atoms with Gasteiger partial charge in [-0.2, -0.15) is 0 Å². The Hall–Kier alpha value is -1.16. The van der Waals surface area contributed by atoms with Crippen LogP contribution in [0.25, 0.3) is 16.2 Å². The van der Waals surface area contributed by atoms with Crippen LogP contribution in [-0.4, -0.2) is 26.8 Å². The van der Waals surface area contributed by atoms with Crippen LogP contribution >= 0.6 is 11.3 Å². The highest BCUT2D eigenvalue weighted by Crippen LogP contribution is 2.27. The molecule has 96 valence electrons. The van der Waals surface area contributed by atoms with Gasteiger partial charge in [0.25, 0.3) is 0 Å². The van der Waals surface area contributed by atoms with Gasteiger partial charge in [0.15, 0.2) is 0 Å². The van der Waals surface area contributed by atoms with Crippen molar-refractivity contribution in [1.82, 2.24) is 5.32 Å². The van der Waals surface area contributed by atoms with Gasteiger partial charge in [0.05, 0.1) is 6.61 Å². The standard InChI is InChI=1S/C15H19NOS/c1-12(10-16-7-8-17-2)9-13-11-18-15-6-4-3-5-14(13)15/h3-6,9,11,16H,7-8,10H2,1-2H3. The van der Waals surface area contributed by atoms with E-state index in [1.807, 2.05) is 0 Å². The molecule has 0 aliphatic rings. The maximum Gasteiger partial charge on any atom is 0.0587 e. The van der Waals surface area contributed by atoms with Crippen LogP contribution in [0.3, 0.4) is 0 Å².